The van der Waals surface area contributed by atoms with Gasteiger partial charge in [-0.25, -0.2) is 22.4 Å². The van der Waals surface area contributed by atoms with Gasteiger partial charge >= 0.3 is 5.97 Å². The van der Waals surface area contributed by atoms with E-state index in [9.17, 15) is 13.2 Å². The average molecular weight is 435 g/mol. The molecule has 2 aromatic carbocycles. The number of nitrogens with zero attached hydrogens (tertiary/aromatic N) is 3. The number of sulfonamides is 1. The van der Waals surface area contributed by atoms with E-state index >= 15 is 0 Å². The molecule has 0 fully saturated rings. The summed E-state index contributed by atoms with van der Waals surface area (Å²) >= 11 is 7.23. The van der Waals surface area contributed by atoms with Crippen molar-refractivity contribution in [2.24, 2.45) is 0 Å². The van der Waals surface area contributed by atoms with Crippen LogP contribution in [-0.4, -0.2) is 34.1 Å². The van der Waals surface area contributed by atoms with E-state index in [4.69, 9.17) is 16.7 Å². The van der Waals surface area contributed by atoms with E-state index in [0.29, 0.717) is 9.98 Å². The van der Waals surface area contributed by atoms with Crippen LogP contribution in [0.15, 0.2) is 58.8 Å². The zero-order valence-corrected chi connectivity index (χ0v) is 16.3. The molecule has 0 saturated heterocycles. The highest BCUT2D eigenvalue weighted by Gasteiger charge is 2.19. The monoisotopic (exact) mass is 434 g/mol. The summed E-state index contributed by atoms with van der Waals surface area (Å²) in [7, 11) is -3.96. The van der Waals surface area contributed by atoms with Crippen LogP contribution in [0.1, 0.15) is 10.4 Å². The quantitative estimate of drug-likeness (QED) is 0.496. The lowest BCUT2D eigenvalue weighted by atomic mass is 10.2. The zero-order chi connectivity index (χ0) is 19.9. The Morgan fingerprint density at radius 1 is 1.11 bits per heavy atom. The Hall–Kier alpha value is -2.95. The molecule has 2 aromatic heterocycles. The second kappa shape index (κ2) is 6.89. The topological polar surface area (TPSA) is 114 Å². The van der Waals surface area contributed by atoms with Gasteiger partial charge in [0.1, 0.15) is 0 Å². The molecule has 0 amide bonds. The highest BCUT2D eigenvalue weighted by Crippen LogP contribution is 2.27. The van der Waals surface area contributed by atoms with Gasteiger partial charge in [-0.3, -0.25) is 0 Å². The van der Waals surface area contributed by atoms with Gasteiger partial charge in [0.05, 0.1) is 16.2 Å². The predicted octanol–water partition coefficient (Wildman–Crippen LogP) is 3.61. The van der Waals surface area contributed by atoms with Crippen molar-refractivity contribution in [1.82, 2.24) is 14.6 Å². The molecule has 2 N–H and O–H groups in total. The lowest BCUT2D eigenvalue weighted by Crippen LogP contribution is -2.14. The molecule has 8 nitrogen and oxygen atoms in total. The van der Waals surface area contributed by atoms with E-state index < -0.39 is 16.0 Å². The number of benzene rings is 2. The van der Waals surface area contributed by atoms with E-state index in [2.05, 4.69) is 14.8 Å². The number of hydrogen-bond acceptors (Lipinski definition) is 6. The molecule has 2 heterocycles. The number of nitrogens with one attached hydrogen (secondary N) is 1. The number of rotatable bonds is 5. The summed E-state index contributed by atoms with van der Waals surface area (Å²) in [6.45, 7) is 0. The molecule has 0 atom stereocenters. The zero-order valence-electron chi connectivity index (χ0n) is 13.9. The van der Waals surface area contributed by atoms with Crippen molar-refractivity contribution >= 4 is 49.8 Å². The Balaban J connectivity index is 1.64. The smallest absolute Gasteiger partial charge is 0.335 e. The summed E-state index contributed by atoms with van der Waals surface area (Å²) in [4.78, 5) is 15.5. The Bertz CT molecular complexity index is 1280. The summed E-state index contributed by atoms with van der Waals surface area (Å²) in [5.74, 6) is -1.22. The second-order valence-electron chi connectivity index (χ2n) is 5.69. The average Bonchev–Trinajstić information content (AvgIpc) is 3.22. The summed E-state index contributed by atoms with van der Waals surface area (Å²) < 4.78 is 28.9. The number of anilines is 1. The van der Waals surface area contributed by atoms with E-state index in [-0.39, 0.29) is 16.4 Å². The molecule has 0 radical (unpaired) electrons. The van der Waals surface area contributed by atoms with Crippen LogP contribution in [0.2, 0.25) is 5.02 Å². The maximum atomic E-state index is 12.5. The summed E-state index contributed by atoms with van der Waals surface area (Å²) in [6.07, 6.45) is 0. The SMILES string of the molecule is O=C(O)c1ccc(S(=O)(=O)Nc2nc3scc(-c4ccc(Cl)cc4)n3n2)cc1. The van der Waals surface area contributed by atoms with E-state index in [1.807, 2.05) is 17.5 Å². The van der Waals surface area contributed by atoms with Crippen molar-refractivity contribution in [3.63, 3.8) is 0 Å². The minimum atomic E-state index is -3.96. The Morgan fingerprint density at radius 2 is 1.79 bits per heavy atom. The largest absolute Gasteiger partial charge is 0.478 e. The number of carboxylic acids is 1. The summed E-state index contributed by atoms with van der Waals surface area (Å²) in [5.41, 5.74) is 1.60. The van der Waals surface area contributed by atoms with Crippen molar-refractivity contribution in [1.29, 1.82) is 0 Å². The molecule has 0 unspecified atom stereocenters. The molecule has 4 aromatic rings. The molecular formula is C17H11ClN4O4S2. The molecule has 28 heavy (non-hydrogen) atoms. The van der Waals surface area contributed by atoms with Gasteiger partial charge in [0.25, 0.3) is 16.0 Å². The van der Waals surface area contributed by atoms with Crippen LogP contribution in [0.5, 0.6) is 0 Å². The third-order valence-electron chi connectivity index (χ3n) is 3.86. The number of carbonyl (C=O) groups is 1. The third-order valence-corrected chi connectivity index (χ3v) is 6.27. The first-order chi connectivity index (χ1) is 13.3. The maximum absolute atomic E-state index is 12.5. The summed E-state index contributed by atoms with van der Waals surface area (Å²) in [6, 6.07) is 12.0. The van der Waals surface area contributed by atoms with Crippen molar-refractivity contribution < 1.29 is 18.3 Å². The lowest BCUT2D eigenvalue weighted by molar-refractivity contribution is 0.0696. The Kier molecular flexibility index (Phi) is 4.53. The number of aromatic nitrogens is 3. The number of hydrogen-bond donors (Lipinski definition) is 2. The normalized spacial score (nSPS) is 11.6. The summed E-state index contributed by atoms with van der Waals surface area (Å²) in [5, 5.41) is 15.6. The van der Waals surface area contributed by atoms with Crippen LogP contribution >= 0.6 is 22.9 Å². The highest BCUT2D eigenvalue weighted by molar-refractivity contribution is 7.92. The van der Waals surface area contributed by atoms with Crippen LogP contribution < -0.4 is 4.72 Å². The van der Waals surface area contributed by atoms with Crippen LogP contribution in [-0.2, 0) is 10.0 Å². The van der Waals surface area contributed by atoms with Crippen LogP contribution in [0.25, 0.3) is 16.2 Å². The predicted molar refractivity (Wildman–Crippen MR) is 106 cm³/mol. The van der Waals surface area contributed by atoms with Gasteiger partial charge in [0.2, 0.25) is 4.96 Å². The molecule has 11 heteroatoms. The van der Waals surface area contributed by atoms with Gasteiger partial charge in [0, 0.05) is 16.0 Å². The maximum Gasteiger partial charge on any atom is 0.335 e. The van der Waals surface area contributed by atoms with Gasteiger partial charge in [-0.1, -0.05) is 23.7 Å². The van der Waals surface area contributed by atoms with Crippen molar-refractivity contribution in [3.05, 3.63) is 64.5 Å². The first kappa shape index (κ1) is 18.4. The van der Waals surface area contributed by atoms with E-state index in [0.717, 1.165) is 11.3 Å². The van der Waals surface area contributed by atoms with Gasteiger partial charge < -0.3 is 5.11 Å². The minimum Gasteiger partial charge on any atom is -0.478 e. The van der Waals surface area contributed by atoms with Gasteiger partial charge in [-0.05, 0) is 36.4 Å². The fourth-order valence-electron chi connectivity index (χ4n) is 2.50. The van der Waals surface area contributed by atoms with E-state index in [1.54, 1.807) is 16.6 Å². The molecule has 0 aliphatic carbocycles. The van der Waals surface area contributed by atoms with Crippen LogP contribution in [0.4, 0.5) is 5.95 Å². The van der Waals surface area contributed by atoms with Crippen LogP contribution in [0.3, 0.4) is 0 Å². The van der Waals surface area contributed by atoms with E-state index in [1.165, 1.54) is 35.6 Å². The number of thiazole rings is 1. The molecule has 0 aliphatic rings. The Labute approximate surface area is 168 Å². The molecule has 0 aliphatic heterocycles. The fourth-order valence-corrected chi connectivity index (χ4v) is 4.40. The third kappa shape index (κ3) is 3.44. The number of aromatic carboxylic acids is 1. The number of carboxylic acid groups (broad SMARTS) is 1. The molecule has 0 bridgehead atoms. The molecule has 0 saturated carbocycles. The van der Waals surface area contributed by atoms with Crippen molar-refractivity contribution in [3.8, 4) is 11.3 Å². The van der Waals surface area contributed by atoms with Crippen molar-refractivity contribution in [2.75, 3.05) is 4.72 Å². The first-order valence-electron chi connectivity index (χ1n) is 7.80. The molecule has 0 spiro atoms. The van der Waals surface area contributed by atoms with Crippen LogP contribution in [0, 0.1) is 0 Å². The lowest BCUT2D eigenvalue weighted by Gasteiger charge is -2.04. The molecular weight excluding hydrogens is 424 g/mol. The standard InChI is InChI=1S/C17H11ClN4O4S2/c18-12-5-1-10(2-6-12)14-9-27-17-19-16(20-22(14)17)21-28(25,26)13-7-3-11(4-8-13)15(23)24/h1-9H,(H,20,21)(H,23,24). The molecule has 142 valence electrons. The second-order valence-corrected chi connectivity index (χ2v) is 8.65. The minimum absolute atomic E-state index is 0.00723. The van der Waals surface area contributed by atoms with Gasteiger partial charge in [-0.2, -0.15) is 4.98 Å². The fraction of sp³-hybridized carbons (Fsp3) is 0. The highest BCUT2D eigenvalue weighted by atomic mass is 35.5. The number of fused-ring (bicyclic) bond motifs is 1. The number of halogens is 1. The van der Waals surface area contributed by atoms with Crippen molar-refractivity contribution in [2.45, 2.75) is 4.90 Å². The van der Waals surface area contributed by atoms with Gasteiger partial charge in [0.15, 0.2) is 0 Å². The Morgan fingerprint density at radius 3 is 2.43 bits per heavy atom. The molecule has 4 rings (SSSR count). The first-order valence-corrected chi connectivity index (χ1v) is 10.5. The van der Waals surface area contributed by atoms with Gasteiger partial charge in [-0.15, -0.1) is 16.4 Å².